The first kappa shape index (κ1) is 14.5. The van der Waals surface area contributed by atoms with Crippen molar-refractivity contribution in [3.8, 4) is 0 Å². The molecule has 0 amide bonds. The van der Waals surface area contributed by atoms with Crippen LogP contribution in [0.5, 0.6) is 0 Å². The highest BCUT2D eigenvalue weighted by molar-refractivity contribution is 7.11. The highest BCUT2D eigenvalue weighted by atomic mass is 35.5. The predicted octanol–water partition coefficient (Wildman–Crippen LogP) is 4.11. The zero-order chi connectivity index (χ0) is 15.0. The van der Waals surface area contributed by atoms with Crippen LogP contribution >= 0.6 is 22.9 Å². The van der Waals surface area contributed by atoms with E-state index in [1.807, 2.05) is 25.4 Å². The van der Waals surface area contributed by atoms with Gasteiger partial charge in [-0.05, 0) is 31.9 Å². The molecular formula is C15H17ClN4S. The highest BCUT2D eigenvalue weighted by Gasteiger charge is 2.20. The minimum atomic E-state index is 0.0873. The maximum atomic E-state index is 6.08. The second-order valence-electron chi connectivity index (χ2n) is 5.08. The standard InChI is InChI=1S/C15H17ClN4S/c1-4-11-8-18-15(21-11)10(3)20-13(6-16)19-12-5-9(2)7-17-14(12)20/h5,7-8,10H,4,6H2,1-3H3. The average molecular weight is 321 g/mol. The Morgan fingerprint density at radius 2 is 2.14 bits per heavy atom. The monoisotopic (exact) mass is 320 g/mol. The van der Waals surface area contributed by atoms with Crippen molar-refractivity contribution in [3.05, 3.63) is 39.7 Å². The fourth-order valence-corrected chi connectivity index (χ4v) is 3.51. The van der Waals surface area contributed by atoms with Crippen molar-refractivity contribution in [2.45, 2.75) is 39.1 Å². The number of hydrogen-bond acceptors (Lipinski definition) is 4. The topological polar surface area (TPSA) is 43.6 Å². The van der Waals surface area contributed by atoms with E-state index in [0.717, 1.165) is 34.0 Å². The van der Waals surface area contributed by atoms with Gasteiger partial charge in [-0.25, -0.2) is 15.0 Å². The van der Waals surface area contributed by atoms with Gasteiger partial charge in [-0.2, -0.15) is 0 Å². The summed E-state index contributed by atoms with van der Waals surface area (Å²) in [5, 5.41) is 1.07. The van der Waals surface area contributed by atoms with Crippen LogP contribution in [0.3, 0.4) is 0 Å². The molecule has 1 atom stereocenters. The van der Waals surface area contributed by atoms with Crippen molar-refractivity contribution in [2.75, 3.05) is 0 Å². The summed E-state index contributed by atoms with van der Waals surface area (Å²) in [6, 6.07) is 2.13. The molecule has 0 aliphatic heterocycles. The van der Waals surface area contributed by atoms with Crippen molar-refractivity contribution in [2.24, 2.45) is 0 Å². The van der Waals surface area contributed by atoms with Crippen molar-refractivity contribution in [1.82, 2.24) is 19.5 Å². The number of pyridine rings is 1. The molecule has 3 heterocycles. The van der Waals surface area contributed by atoms with E-state index in [-0.39, 0.29) is 6.04 Å². The Hall–Kier alpha value is -1.46. The number of halogens is 1. The molecule has 3 rings (SSSR count). The van der Waals surface area contributed by atoms with Crippen molar-refractivity contribution < 1.29 is 0 Å². The number of rotatable bonds is 4. The van der Waals surface area contributed by atoms with Gasteiger partial charge in [0.15, 0.2) is 5.65 Å². The first-order chi connectivity index (χ1) is 10.1. The molecule has 0 aromatic carbocycles. The Labute approximate surface area is 132 Å². The molecular weight excluding hydrogens is 304 g/mol. The van der Waals surface area contributed by atoms with Gasteiger partial charge in [0.25, 0.3) is 0 Å². The van der Waals surface area contributed by atoms with Crippen LogP contribution in [0.25, 0.3) is 11.2 Å². The Balaban J connectivity index is 2.13. The third-order valence-electron chi connectivity index (χ3n) is 3.52. The van der Waals surface area contributed by atoms with E-state index in [9.17, 15) is 0 Å². The van der Waals surface area contributed by atoms with E-state index in [1.165, 1.54) is 4.88 Å². The molecule has 6 heteroatoms. The smallest absolute Gasteiger partial charge is 0.160 e. The summed E-state index contributed by atoms with van der Waals surface area (Å²) >= 11 is 7.82. The van der Waals surface area contributed by atoms with Crippen LogP contribution in [-0.4, -0.2) is 19.5 Å². The molecule has 4 nitrogen and oxygen atoms in total. The summed E-state index contributed by atoms with van der Waals surface area (Å²) < 4.78 is 2.10. The molecule has 0 aliphatic rings. The number of aromatic nitrogens is 4. The third-order valence-corrected chi connectivity index (χ3v) is 5.07. The van der Waals surface area contributed by atoms with Crippen LogP contribution in [0, 0.1) is 6.92 Å². The number of hydrogen-bond donors (Lipinski definition) is 0. The average Bonchev–Trinajstić information content (AvgIpc) is 3.09. The van der Waals surface area contributed by atoms with E-state index in [1.54, 1.807) is 11.3 Å². The zero-order valence-corrected chi connectivity index (χ0v) is 13.9. The number of imidazole rings is 1. The lowest BCUT2D eigenvalue weighted by Gasteiger charge is -2.13. The number of fused-ring (bicyclic) bond motifs is 1. The molecule has 3 aromatic rings. The molecule has 0 fully saturated rings. The fourth-order valence-electron chi connectivity index (χ4n) is 2.42. The quantitative estimate of drug-likeness (QED) is 0.679. The third kappa shape index (κ3) is 2.56. The summed E-state index contributed by atoms with van der Waals surface area (Å²) in [4.78, 5) is 15.0. The van der Waals surface area contributed by atoms with Crippen molar-refractivity contribution in [3.63, 3.8) is 0 Å². The van der Waals surface area contributed by atoms with E-state index in [4.69, 9.17) is 11.6 Å². The molecule has 1 unspecified atom stereocenters. The van der Waals surface area contributed by atoms with Crippen LogP contribution in [-0.2, 0) is 12.3 Å². The second kappa shape index (κ2) is 5.73. The SMILES string of the molecule is CCc1cnc(C(C)n2c(CCl)nc3cc(C)cnc32)s1. The Morgan fingerprint density at radius 3 is 2.81 bits per heavy atom. The van der Waals surface area contributed by atoms with Gasteiger partial charge in [0, 0.05) is 17.3 Å². The van der Waals surface area contributed by atoms with E-state index >= 15 is 0 Å². The molecule has 0 N–H and O–H groups in total. The minimum Gasteiger partial charge on any atom is -0.302 e. The lowest BCUT2D eigenvalue weighted by atomic mass is 10.3. The molecule has 0 aliphatic carbocycles. The van der Waals surface area contributed by atoms with Gasteiger partial charge in [0.1, 0.15) is 16.3 Å². The van der Waals surface area contributed by atoms with Gasteiger partial charge in [-0.15, -0.1) is 22.9 Å². The largest absolute Gasteiger partial charge is 0.302 e. The van der Waals surface area contributed by atoms with Crippen LogP contribution in [0.2, 0.25) is 0 Å². The van der Waals surface area contributed by atoms with Gasteiger partial charge in [0.05, 0.1) is 11.9 Å². The lowest BCUT2D eigenvalue weighted by Crippen LogP contribution is -2.10. The molecule has 3 aromatic heterocycles. The summed E-state index contributed by atoms with van der Waals surface area (Å²) in [5.74, 6) is 1.21. The summed E-state index contributed by atoms with van der Waals surface area (Å²) in [7, 11) is 0. The molecule has 0 saturated carbocycles. The number of aryl methyl sites for hydroxylation is 2. The zero-order valence-electron chi connectivity index (χ0n) is 12.3. The van der Waals surface area contributed by atoms with Crippen LogP contribution in [0.1, 0.15) is 41.2 Å². The normalized spacial score (nSPS) is 13.0. The van der Waals surface area contributed by atoms with E-state index in [2.05, 4.69) is 33.4 Å². The highest BCUT2D eigenvalue weighted by Crippen LogP contribution is 2.28. The van der Waals surface area contributed by atoms with Gasteiger partial charge >= 0.3 is 0 Å². The van der Waals surface area contributed by atoms with Gasteiger partial charge < -0.3 is 4.57 Å². The second-order valence-corrected chi connectivity index (χ2v) is 6.50. The molecule has 110 valence electrons. The minimum absolute atomic E-state index is 0.0873. The van der Waals surface area contributed by atoms with Crippen LogP contribution in [0.15, 0.2) is 18.5 Å². The van der Waals surface area contributed by atoms with Gasteiger partial charge in [-0.1, -0.05) is 6.92 Å². The van der Waals surface area contributed by atoms with Crippen molar-refractivity contribution in [1.29, 1.82) is 0 Å². The molecule has 21 heavy (non-hydrogen) atoms. The maximum Gasteiger partial charge on any atom is 0.160 e. The first-order valence-electron chi connectivity index (χ1n) is 6.98. The fraction of sp³-hybridized carbons (Fsp3) is 0.400. The van der Waals surface area contributed by atoms with Crippen molar-refractivity contribution >= 4 is 34.1 Å². The van der Waals surface area contributed by atoms with Crippen LogP contribution < -0.4 is 0 Å². The molecule has 0 bridgehead atoms. The Bertz CT molecular complexity index is 777. The van der Waals surface area contributed by atoms with E-state index in [0.29, 0.717) is 5.88 Å². The van der Waals surface area contributed by atoms with E-state index < -0.39 is 0 Å². The number of alkyl halides is 1. The predicted molar refractivity (Wildman–Crippen MR) is 87.1 cm³/mol. The first-order valence-corrected chi connectivity index (χ1v) is 8.33. The molecule has 0 spiro atoms. The summed E-state index contributed by atoms with van der Waals surface area (Å²) in [5.41, 5.74) is 2.87. The van der Waals surface area contributed by atoms with Gasteiger partial charge in [-0.3, -0.25) is 0 Å². The Morgan fingerprint density at radius 1 is 1.33 bits per heavy atom. The van der Waals surface area contributed by atoms with Crippen LogP contribution in [0.4, 0.5) is 0 Å². The summed E-state index contributed by atoms with van der Waals surface area (Å²) in [6.07, 6.45) is 4.83. The maximum absolute atomic E-state index is 6.08. The summed E-state index contributed by atoms with van der Waals surface area (Å²) in [6.45, 7) is 6.28. The molecule has 0 saturated heterocycles. The number of nitrogens with zero attached hydrogens (tertiary/aromatic N) is 4. The Kier molecular flexibility index (Phi) is 3.95. The lowest BCUT2D eigenvalue weighted by molar-refractivity contribution is 0.625. The molecule has 0 radical (unpaired) electrons. The van der Waals surface area contributed by atoms with Gasteiger partial charge in [0.2, 0.25) is 0 Å². The number of thiazole rings is 1.